The smallest absolute Gasteiger partial charge is 0.354 e. The van der Waals surface area contributed by atoms with Crippen molar-refractivity contribution in [1.82, 2.24) is 4.57 Å². The van der Waals surface area contributed by atoms with Crippen molar-refractivity contribution in [2.45, 2.75) is 26.3 Å². The van der Waals surface area contributed by atoms with Crippen LogP contribution in [0.4, 0.5) is 0 Å². The van der Waals surface area contributed by atoms with Gasteiger partial charge in [0.1, 0.15) is 5.69 Å². The molecule has 1 aromatic heterocycles. The summed E-state index contributed by atoms with van der Waals surface area (Å²) in [5.74, 6) is -0.271. The molecule has 3 heteroatoms. The average Bonchev–Trinajstić information content (AvgIpc) is 2.83. The molecule has 2 aromatic rings. The molecule has 0 aliphatic heterocycles. The van der Waals surface area contributed by atoms with E-state index in [2.05, 4.69) is 23.6 Å². The van der Waals surface area contributed by atoms with Gasteiger partial charge in [0.2, 0.25) is 0 Å². The van der Waals surface area contributed by atoms with Crippen LogP contribution >= 0.6 is 0 Å². The average molecular weight is 257 g/mol. The largest absolute Gasteiger partial charge is 0.464 e. The SMILES string of the molecule is CCCn1c(Cc2ccccc2)ccc1C(=O)OC. The molecule has 0 aliphatic rings. The van der Waals surface area contributed by atoms with Gasteiger partial charge < -0.3 is 9.30 Å². The van der Waals surface area contributed by atoms with E-state index in [0.29, 0.717) is 5.69 Å². The Morgan fingerprint density at radius 2 is 1.89 bits per heavy atom. The molecular weight excluding hydrogens is 238 g/mol. The highest BCUT2D eigenvalue weighted by atomic mass is 16.5. The topological polar surface area (TPSA) is 31.2 Å². The highest BCUT2D eigenvalue weighted by Crippen LogP contribution is 2.16. The maximum atomic E-state index is 11.7. The fourth-order valence-electron chi connectivity index (χ4n) is 2.24. The Balaban J connectivity index is 2.30. The maximum Gasteiger partial charge on any atom is 0.354 e. The van der Waals surface area contributed by atoms with Crippen LogP contribution in [0.2, 0.25) is 0 Å². The first-order valence-corrected chi connectivity index (χ1v) is 6.57. The lowest BCUT2D eigenvalue weighted by atomic mass is 10.1. The van der Waals surface area contributed by atoms with Gasteiger partial charge in [-0.1, -0.05) is 37.3 Å². The lowest BCUT2D eigenvalue weighted by molar-refractivity contribution is 0.0588. The number of aromatic nitrogens is 1. The number of ether oxygens (including phenoxy) is 1. The number of nitrogens with zero attached hydrogens (tertiary/aromatic N) is 1. The molecule has 0 spiro atoms. The molecule has 0 unspecified atom stereocenters. The number of rotatable bonds is 5. The molecule has 0 aliphatic carbocycles. The summed E-state index contributed by atoms with van der Waals surface area (Å²) in [6, 6.07) is 14.1. The van der Waals surface area contributed by atoms with Crippen LogP contribution in [-0.2, 0) is 17.7 Å². The zero-order valence-corrected chi connectivity index (χ0v) is 11.4. The minimum Gasteiger partial charge on any atom is -0.464 e. The summed E-state index contributed by atoms with van der Waals surface area (Å²) in [7, 11) is 1.42. The summed E-state index contributed by atoms with van der Waals surface area (Å²) in [4.78, 5) is 11.7. The molecule has 3 nitrogen and oxygen atoms in total. The van der Waals surface area contributed by atoms with E-state index < -0.39 is 0 Å². The Hall–Kier alpha value is -2.03. The summed E-state index contributed by atoms with van der Waals surface area (Å²) < 4.78 is 6.88. The minimum absolute atomic E-state index is 0.271. The number of benzene rings is 1. The van der Waals surface area contributed by atoms with Gasteiger partial charge in [0.15, 0.2) is 0 Å². The van der Waals surface area contributed by atoms with Crippen molar-refractivity contribution in [3.05, 3.63) is 59.4 Å². The van der Waals surface area contributed by atoms with Crippen LogP contribution in [0.15, 0.2) is 42.5 Å². The van der Waals surface area contributed by atoms with E-state index in [0.717, 1.165) is 25.1 Å². The van der Waals surface area contributed by atoms with Crippen molar-refractivity contribution >= 4 is 5.97 Å². The number of hydrogen-bond donors (Lipinski definition) is 0. The second-order valence-corrected chi connectivity index (χ2v) is 4.52. The fourth-order valence-corrected chi connectivity index (χ4v) is 2.24. The summed E-state index contributed by atoms with van der Waals surface area (Å²) >= 11 is 0. The minimum atomic E-state index is -0.271. The number of methoxy groups -OCH3 is 1. The lowest BCUT2D eigenvalue weighted by Gasteiger charge is -2.11. The van der Waals surface area contributed by atoms with E-state index in [1.165, 1.54) is 12.7 Å². The Labute approximate surface area is 113 Å². The van der Waals surface area contributed by atoms with E-state index in [1.54, 1.807) is 0 Å². The zero-order valence-electron chi connectivity index (χ0n) is 11.4. The van der Waals surface area contributed by atoms with Crippen LogP contribution in [0.25, 0.3) is 0 Å². The molecule has 19 heavy (non-hydrogen) atoms. The van der Waals surface area contributed by atoms with Gasteiger partial charge in [0, 0.05) is 18.7 Å². The van der Waals surface area contributed by atoms with Crippen molar-refractivity contribution in [2.24, 2.45) is 0 Å². The number of carbonyl (C=O) groups is 1. The normalized spacial score (nSPS) is 10.4. The van der Waals surface area contributed by atoms with Crippen molar-refractivity contribution in [2.75, 3.05) is 7.11 Å². The van der Waals surface area contributed by atoms with Gasteiger partial charge in [-0.15, -0.1) is 0 Å². The highest BCUT2D eigenvalue weighted by molar-refractivity contribution is 5.87. The van der Waals surface area contributed by atoms with Gasteiger partial charge in [-0.05, 0) is 24.1 Å². The summed E-state index contributed by atoms with van der Waals surface area (Å²) in [6.45, 7) is 2.94. The molecule has 0 saturated carbocycles. The molecular formula is C16H19NO2. The molecule has 1 heterocycles. The first-order chi connectivity index (χ1) is 9.26. The van der Waals surface area contributed by atoms with E-state index in [-0.39, 0.29) is 5.97 Å². The van der Waals surface area contributed by atoms with Crippen LogP contribution in [0, 0.1) is 0 Å². The van der Waals surface area contributed by atoms with Gasteiger partial charge in [-0.2, -0.15) is 0 Å². The van der Waals surface area contributed by atoms with Gasteiger partial charge in [-0.25, -0.2) is 4.79 Å². The predicted molar refractivity (Wildman–Crippen MR) is 75.3 cm³/mol. The predicted octanol–water partition coefficient (Wildman–Crippen LogP) is 3.28. The van der Waals surface area contributed by atoms with Gasteiger partial charge in [-0.3, -0.25) is 0 Å². The standard InChI is InChI=1S/C16H19NO2/c1-3-11-17-14(9-10-15(17)16(18)19-2)12-13-7-5-4-6-8-13/h4-10H,3,11-12H2,1-2H3. The van der Waals surface area contributed by atoms with Crippen LogP contribution in [-0.4, -0.2) is 17.6 Å². The summed E-state index contributed by atoms with van der Waals surface area (Å²) in [6.07, 6.45) is 1.82. The van der Waals surface area contributed by atoms with Crippen molar-refractivity contribution in [3.8, 4) is 0 Å². The molecule has 2 rings (SSSR count). The first kappa shape index (κ1) is 13.4. The third-order valence-electron chi connectivity index (χ3n) is 3.14. The van der Waals surface area contributed by atoms with Gasteiger partial charge in [0.05, 0.1) is 7.11 Å². The molecule has 0 atom stereocenters. The number of carbonyl (C=O) groups excluding carboxylic acids is 1. The Morgan fingerprint density at radius 1 is 1.16 bits per heavy atom. The second kappa shape index (κ2) is 6.23. The number of esters is 1. The molecule has 0 bridgehead atoms. The highest BCUT2D eigenvalue weighted by Gasteiger charge is 2.14. The van der Waals surface area contributed by atoms with Crippen LogP contribution in [0.5, 0.6) is 0 Å². The lowest BCUT2D eigenvalue weighted by Crippen LogP contribution is -2.13. The molecule has 0 radical (unpaired) electrons. The van der Waals surface area contributed by atoms with Crippen LogP contribution in [0.1, 0.15) is 35.1 Å². The van der Waals surface area contributed by atoms with Crippen LogP contribution < -0.4 is 0 Å². The number of hydrogen-bond acceptors (Lipinski definition) is 2. The van der Waals surface area contributed by atoms with Crippen molar-refractivity contribution in [3.63, 3.8) is 0 Å². The van der Waals surface area contributed by atoms with Crippen molar-refractivity contribution in [1.29, 1.82) is 0 Å². The molecule has 100 valence electrons. The Kier molecular flexibility index (Phi) is 4.39. The molecule has 0 saturated heterocycles. The van der Waals surface area contributed by atoms with Crippen molar-refractivity contribution < 1.29 is 9.53 Å². The zero-order chi connectivity index (χ0) is 13.7. The second-order valence-electron chi connectivity index (χ2n) is 4.52. The van der Waals surface area contributed by atoms with E-state index in [4.69, 9.17) is 4.74 Å². The molecule has 0 N–H and O–H groups in total. The molecule has 0 amide bonds. The monoisotopic (exact) mass is 257 g/mol. The third-order valence-corrected chi connectivity index (χ3v) is 3.14. The van der Waals surface area contributed by atoms with E-state index in [9.17, 15) is 4.79 Å². The van der Waals surface area contributed by atoms with Gasteiger partial charge in [0.25, 0.3) is 0 Å². The fraction of sp³-hybridized carbons (Fsp3) is 0.312. The van der Waals surface area contributed by atoms with Gasteiger partial charge >= 0.3 is 5.97 Å². The molecule has 1 aromatic carbocycles. The summed E-state index contributed by atoms with van der Waals surface area (Å²) in [5.41, 5.74) is 3.03. The van der Waals surface area contributed by atoms with E-state index in [1.807, 2.05) is 30.3 Å². The van der Waals surface area contributed by atoms with E-state index >= 15 is 0 Å². The Morgan fingerprint density at radius 3 is 2.53 bits per heavy atom. The molecule has 0 fully saturated rings. The first-order valence-electron chi connectivity index (χ1n) is 6.57. The summed E-state index contributed by atoms with van der Waals surface area (Å²) in [5, 5.41) is 0. The maximum absolute atomic E-state index is 11.7. The third kappa shape index (κ3) is 3.05. The van der Waals surface area contributed by atoms with Crippen LogP contribution in [0.3, 0.4) is 0 Å². The quantitative estimate of drug-likeness (QED) is 0.770. The Bertz CT molecular complexity index is 543.